The zero-order chi connectivity index (χ0) is 35.8. The second-order valence-electron chi connectivity index (χ2n) is 11.5. The van der Waals surface area contributed by atoms with Gasteiger partial charge in [-0.25, -0.2) is 19.0 Å². The van der Waals surface area contributed by atoms with E-state index in [4.69, 9.17) is 25.5 Å². The Bertz CT molecular complexity index is 1590. The topological polar surface area (TPSA) is 195 Å². The Labute approximate surface area is 287 Å². The van der Waals surface area contributed by atoms with Crippen molar-refractivity contribution in [2.45, 2.75) is 84.4 Å². The standard InChI is InChI=1S/C30H35F2N7O3S.C2H6O.CH2O2/c1-18-7-5-6-10-21(18)30(41)42-17-39-15-19(13-35-39)29-37-24(16-43-29)28(40)36-23(14-34-20-8-3-2-4-9-20)26(33)27-22(31)11-12-25(32)38-27;1-2-3;2-1-3/h11-16,18,20-21H,2-10,17,33H2,1H3,(H,36,40);3H,2H2,1H3;1H,(H,2,3)/b26-23+,34-14?;;. The number of thiazole rings is 1. The van der Waals surface area contributed by atoms with Crippen molar-refractivity contribution in [1.29, 1.82) is 0 Å². The lowest BCUT2D eigenvalue weighted by molar-refractivity contribution is -0.156. The van der Waals surface area contributed by atoms with Crippen LogP contribution in [-0.2, 0) is 21.1 Å². The van der Waals surface area contributed by atoms with Crippen LogP contribution in [0.4, 0.5) is 8.78 Å². The summed E-state index contributed by atoms with van der Waals surface area (Å²) < 4.78 is 35.3. The molecule has 1 amide bonds. The van der Waals surface area contributed by atoms with E-state index in [9.17, 15) is 18.4 Å². The van der Waals surface area contributed by atoms with Crippen LogP contribution in [0.2, 0.25) is 0 Å². The minimum atomic E-state index is -0.905. The molecule has 5 N–H and O–H groups in total. The van der Waals surface area contributed by atoms with E-state index in [0.29, 0.717) is 16.5 Å². The number of ether oxygens (including phenoxy) is 1. The van der Waals surface area contributed by atoms with Gasteiger partial charge in [0.25, 0.3) is 12.4 Å². The van der Waals surface area contributed by atoms with Crippen molar-refractivity contribution in [1.82, 2.24) is 25.1 Å². The zero-order valence-electron chi connectivity index (χ0n) is 27.6. The van der Waals surface area contributed by atoms with Gasteiger partial charge in [0.1, 0.15) is 16.4 Å². The van der Waals surface area contributed by atoms with E-state index in [1.54, 1.807) is 24.7 Å². The van der Waals surface area contributed by atoms with Crippen molar-refractivity contribution >= 4 is 41.6 Å². The number of aliphatic hydroxyl groups is 1. The Balaban J connectivity index is 0.00000101. The summed E-state index contributed by atoms with van der Waals surface area (Å²) in [6.45, 7) is 3.75. The number of carbonyl (C=O) groups is 3. The van der Waals surface area contributed by atoms with Crippen LogP contribution in [0.15, 0.2) is 40.6 Å². The highest BCUT2D eigenvalue weighted by molar-refractivity contribution is 7.13. The first-order valence-corrected chi connectivity index (χ1v) is 17.0. The lowest BCUT2D eigenvalue weighted by Crippen LogP contribution is -2.27. The number of hydrogen-bond acceptors (Lipinski definition) is 11. The van der Waals surface area contributed by atoms with Crippen LogP contribution in [0.3, 0.4) is 0 Å². The number of rotatable bonds is 9. The van der Waals surface area contributed by atoms with Gasteiger partial charge in [0.05, 0.1) is 29.6 Å². The molecule has 0 aromatic carbocycles. The summed E-state index contributed by atoms with van der Waals surface area (Å²) in [5, 5.41) is 23.5. The van der Waals surface area contributed by atoms with Crippen LogP contribution in [-0.4, -0.2) is 67.2 Å². The van der Waals surface area contributed by atoms with E-state index in [-0.39, 0.29) is 54.8 Å². The third kappa shape index (κ3) is 11.8. The molecule has 0 aliphatic heterocycles. The van der Waals surface area contributed by atoms with Gasteiger partial charge in [-0.3, -0.25) is 19.4 Å². The van der Waals surface area contributed by atoms with Gasteiger partial charge in [-0.2, -0.15) is 9.49 Å². The van der Waals surface area contributed by atoms with Crippen LogP contribution >= 0.6 is 11.3 Å². The van der Waals surface area contributed by atoms with Crippen LogP contribution in [0, 0.1) is 23.6 Å². The monoisotopic (exact) mass is 703 g/mol. The third-order valence-corrected chi connectivity index (χ3v) is 8.86. The molecule has 0 spiro atoms. The van der Waals surface area contributed by atoms with E-state index < -0.39 is 23.4 Å². The van der Waals surface area contributed by atoms with Gasteiger partial charge in [0, 0.05) is 30.0 Å². The van der Waals surface area contributed by atoms with E-state index in [2.05, 4.69) is 32.3 Å². The Hall–Kier alpha value is -4.57. The molecule has 266 valence electrons. The minimum Gasteiger partial charge on any atom is -0.483 e. The zero-order valence-corrected chi connectivity index (χ0v) is 28.4. The number of nitrogens with two attached hydrogens (primary N) is 1. The number of aliphatic imine (C=N–C) groups is 1. The van der Waals surface area contributed by atoms with Gasteiger partial charge in [-0.1, -0.05) is 39.0 Å². The predicted molar refractivity (Wildman–Crippen MR) is 180 cm³/mol. The fourth-order valence-corrected chi connectivity index (χ4v) is 6.23. The third-order valence-electron chi connectivity index (χ3n) is 7.96. The Morgan fingerprint density at radius 1 is 1.14 bits per heavy atom. The average Bonchev–Trinajstić information content (AvgIpc) is 3.78. The molecule has 3 aromatic rings. The van der Waals surface area contributed by atoms with E-state index >= 15 is 0 Å². The number of nitrogens with one attached hydrogen (secondary N) is 1. The molecule has 0 bridgehead atoms. The van der Waals surface area contributed by atoms with Gasteiger partial charge in [0.2, 0.25) is 5.95 Å². The molecule has 16 heteroatoms. The maximum absolute atomic E-state index is 14.5. The van der Waals surface area contributed by atoms with Crippen LogP contribution in [0.25, 0.3) is 16.3 Å². The van der Waals surface area contributed by atoms with Gasteiger partial charge in [-0.15, -0.1) is 11.3 Å². The van der Waals surface area contributed by atoms with Crippen LogP contribution in [0.5, 0.6) is 0 Å². The van der Waals surface area contributed by atoms with Gasteiger partial charge in [-0.05, 0) is 50.7 Å². The summed E-state index contributed by atoms with van der Waals surface area (Å²) in [4.78, 5) is 46.7. The fraction of sp³-hybridized carbons (Fsp3) is 0.485. The van der Waals surface area contributed by atoms with Crippen molar-refractivity contribution < 1.29 is 38.1 Å². The number of carbonyl (C=O) groups excluding carboxylic acids is 2. The maximum atomic E-state index is 14.5. The predicted octanol–water partition coefficient (Wildman–Crippen LogP) is 5.17. The minimum absolute atomic E-state index is 0.00374. The molecule has 13 nitrogen and oxygen atoms in total. The Kier molecular flexibility index (Phi) is 15.9. The first-order chi connectivity index (χ1) is 23.6. The summed E-state index contributed by atoms with van der Waals surface area (Å²) >= 11 is 1.23. The van der Waals surface area contributed by atoms with Crippen molar-refractivity contribution in [2.75, 3.05) is 6.61 Å². The second kappa shape index (κ2) is 20.1. The molecule has 0 saturated heterocycles. The van der Waals surface area contributed by atoms with Crippen molar-refractivity contribution in [3.8, 4) is 10.6 Å². The number of esters is 1. The molecule has 2 unspecified atom stereocenters. The Morgan fingerprint density at radius 2 is 1.82 bits per heavy atom. The lowest BCUT2D eigenvalue weighted by Gasteiger charge is -2.26. The number of aliphatic hydroxyl groups excluding tert-OH is 1. The van der Waals surface area contributed by atoms with Crippen molar-refractivity contribution in [3.63, 3.8) is 0 Å². The molecule has 5 rings (SSSR count). The number of carboxylic acid groups (broad SMARTS) is 1. The summed E-state index contributed by atoms with van der Waals surface area (Å²) in [6, 6.07) is 1.86. The molecule has 2 aliphatic rings. The molecule has 3 heterocycles. The highest BCUT2D eigenvalue weighted by Gasteiger charge is 2.29. The molecule has 0 radical (unpaired) electrons. The smallest absolute Gasteiger partial charge is 0.310 e. The summed E-state index contributed by atoms with van der Waals surface area (Å²) in [5.41, 5.74) is 6.26. The number of nitrogens with zero attached hydrogens (tertiary/aromatic N) is 5. The molecule has 2 aliphatic carbocycles. The number of halogens is 2. The molecular formula is C33H43F2N7O6S. The van der Waals surface area contributed by atoms with Gasteiger partial charge < -0.3 is 26.0 Å². The summed E-state index contributed by atoms with van der Waals surface area (Å²) in [7, 11) is 0. The normalized spacial score (nSPS) is 18.3. The SMILES string of the molecule is CC1CCCCC1C(=O)OCn1cc(-c2nc(C(=O)N/C(C=NC3CCCCC3)=C(/N)c3nc(F)ccc3F)cs2)cn1.CCO.O=CO. The number of hydrogen-bond donors (Lipinski definition) is 4. The van der Waals surface area contributed by atoms with Crippen molar-refractivity contribution in [2.24, 2.45) is 22.6 Å². The maximum Gasteiger partial charge on any atom is 0.310 e. The quantitative estimate of drug-likeness (QED) is 0.1000. The largest absolute Gasteiger partial charge is 0.483 e. The van der Waals surface area contributed by atoms with E-state index in [1.807, 2.05) is 0 Å². The second-order valence-corrected chi connectivity index (χ2v) is 12.4. The first-order valence-electron chi connectivity index (χ1n) is 16.1. The summed E-state index contributed by atoms with van der Waals surface area (Å²) in [5.74, 6) is -2.32. The van der Waals surface area contributed by atoms with Gasteiger partial charge >= 0.3 is 5.97 Å². The molecule has 2 fully saturated rings. The molecule has 49 heavy (non-hydrogen) atoms. The average molecular weight is 704 g/mol. The van der Waals surface area contributed by atoms with Crippen LogP contribution < -0.4 is 11.1 Å². The highest BCUT2D eigenvalue weighted by Crippen LogP contribution is 2.31. The first kappa shape index (κ1) is 38.9. The number of aromatic nitrogens is 4. The fourth-order valence-electron chi connectivity index (χ4n) is 5.46. The molecular weight excluding hydrogens is 660 g/mol. The number of allylic oxidation sites excluding steroid dienone is 1. The highest BCUT2D eigenvalue weighted by atomic mass is 32.1. The van der Waals surface area contributed by atoms with E-state index in [0.717, 1.165) is 69.9 Å². The molecule has 3 aromatic heterocycles. The van der Waals surface area contributed by atoms with E-state index in [1.165, 1.54) is 22.2 Å². The van der Waals surface area contributed by atoms with Crippen LogP contribution in [0.1, 0.15) is 87.8 Å². The number of amides is 1. The summed E-state index contributed by atoms with van der Waals surface area (Å²) in [6.07, 6.45) is 13.7. The molecule has 2 atom stereocenters. The van der Waals surface area contributed by atoms with Gasteiger partial charge in [0.15, 0.2) is 12.5 Å². The van der Waals surface area contributed by atoms with Crippen molar-refractivity contribution in [3.05, 3.63) is 58.8 Å². The Morgan fingerprint density at radius 3 is 2.51 bits per heavy atom. The molecule has 2 saturated carbocycles. The number of pyridine rings is 1. The lowest BCUT2D eigenvalue weighted by atomic mass is 9.80.